The van der Waals surface area contributed by atoms with Gasteiger partial charge in [0.15, 0.2) is 5.69 Å². The molecule has 0 N–H and O–H groups in total. The minimum Gasteiger partial charge on any atom is -0.464 e. The molecule has 11 nitrogen and oxygen atoms in total. The molecule has 4 unspecified atom stereocenters. The van der Waals surface area contributed by atoms with Crippen LogP contribution in [-0.4, -0.2) is 67.1 Å². The van der Waals surface area contributed by atoms with Crippen LogP contribution in [0.25, 0.3) is 0 Å². The summed E-state index contributed by atoms with van der Waals surface area (Å²) in [6, 6.07) is 12.4. The van der Waals surface area contributed by atoms with Gasteiger partial charge in [0.05, 0.1) is 24.6 Å². The number of benzene rings is 2. The molecule has 1 fully saturated rings. The molecule has 1 aliphatic rings. The van der Waals surface area contributed by atoms with Crippen LogP contribution in [0, 0.1) is 0 Å². The van der Waals surface area contributed by atoms with Crippen LogP contribution in [0.3, 0.4) is 0 Å². The Hall–Kier alpha value is -3.48. The summed E-state index contributed by atoms with van der Waals surface area (Å²) in [4.78, 5) is 42.3. The lowest BCUT2D eigenvalue weighted by molar-refractivity contribution is -0.133. The van der Waals surface area contributed by atoms with Gasteiger partial charge in [-0.05, 0) is 55.5 Å². The Morgan fingerprint density at radius 1 is 0.976 bits per heavy atom. The second-order valence-electron chi connectivity index (χ2n) is 8.82. The maximum absolute atomic E-state index is 13.0. The number of rotatable bonds is 11. The number of hydrogen-bond acceptors (Lipinski definition) is 10. The van der Waals surface area contributed by atoms with Crippen molar-refractivity contribution in [1.82, 2.24) is 9.55 Å². The van der Waals surface area contributed by atoms with E-state index >= 15 is 0 Å². The van der Waals surface area contributed by atoms with E-state index in [-0.39, 0.29) is 42.1 Å². The number of imidazole rings is 1. The fraction of sp³-hybridized carbons (Fsp3) is 0.357. The number of halogens is 2. The third kappa shape index (κ3) is 7.24. The topological polar surface area (TPSA) is 124 Å². The monoisotopic (exact) mass is 606 g/mol. The van der Waals surface area contributed by atoms with Crippen molar-refractivity contribution in [2.75, 3.05) is 27.4 Å². The Kier molecular flexibility index (Phi) is 10.4. The Morgan fingerprint density at radius 3 is 2.15 bits per heavy atom. The van der Waals surface area contributed by atoms with Gasteiger partial charge in [0, 0.05) is 30.2 Å². The fourth-order valence-electron chi connectivity index (χ4n) is 4.26. The number of nitrogens with zero attached hydrogens (tertiary/aromatic N) is 2. The Labute approximate surface area is 246 Å². The molecular formula is C28H28Cl2N2O9. The van der Waals surface area contributed by atoms with Crippen LogP contribution in [0.5, 0.6) is 0 Å². The molecule has 1 saturated heterocycles. The predicted molar refractivity (Wildman–Crippen MR) is 146 cm³/mol. The normalized spacial score (nSPS) is 19.0. The van der Waals surface area contributed by atoms with Crippen molar-refractivity contribution in [2.45, 2.75) is 38.1 Å². The minimum atomic E-state index is -0.975. The first-order valence-corrected chi connectivity index (χ1v) is 13.3. The molecule has 0 bridgehead atoms. The molecule has 0 amide bonds. The van der Waals surface area contributed by atoms with Crippen molar-refractivity contribution in [3.8, 4) is 0 Å². The SMILES string of the molecule is CCOC(OC)c1c(C(=O)OC)ncn1C1CC(OC(=O)c2ccc(Cl)cc2)C(COC(=O)c2ccc(Cl)cc2)O1. The van der Waals surface area contributed by atoms with Gasteiger partial charge in [-0.2, -0.15) is 0 Å². The zero-order chi connectivity index (χ0) is 29.5. The molecular weight excluding hydrogens is 579 g/mol. The second-order valence-corrected chi connectivity index (χ2v) is 9.69. The van der Waals surface area contributed by atoms with Gasteiger partial charge in [-0.25, -0.2) is 19.4 Å². The standard InChI is InChI=1S/C28H28Cl2N2O9/c1-4-38-28(37-3)24-23(27(35)36-2)31-15-32(24)22-13-20(41-26(34)17-7-11-19(30)12-8-17)21(40-22)14-39-25(33)16-5-9-18(29)10-6-16/h5-12,15,20-22,28H,4,13-14H2,1-3H3. The smallest absolute Gasteiger partial charge is 0.358 e. The summed E-state index contributed by atoms with van der Waals surface area (Å²) in [5.74, 6) is -1.92. The molecule has 4 rings (SSSR count). The molecule has 2 aromatic carbocycles. The van der Waals surface area contributed by atoms with Crippen molar-refractivity contribution < 1.29 is 42.8 Å². The van der Waals surface area contributed by atoms with E-state index in [1.165, 1.54) is 44.8 Å². The summed E-state index contributed by atoms with van der Waals surface area (Å²) < 4.78 is 35.1. The second kappa shape index (κ2) is 13.9. The zero-order valence-corrected chi connectivity index (χ0v) is 24.0. The molecule has 41 heavy (non-hydrogen) atoms. The summed E-state index contributed by atoms with van der Waals surface area (Å²) in [6.07, 6.45) is -1.95. The number of esters is 3. The Bertz CT molecular complexity index is 1360. The molecule has 0 spiro atoms. The van der Waals surface area contributed by atoms with Crippen LogP contribution in [0.15, 0.2) is 54.9 Å². The summed E-state index contributed by atoms with van der Waals surface area (Å²) in [7, 11) is 2.65. The molecule has 0 aliphatic carbocycles. The molecule has 4 atom stereocenters. The summed E-state index contributed by atoms with van der Waals surface area (Å²) in [6.45, 7) is 1.82. The van der Waals surface area contributed by atoms with Gasteiger partial charge in [-0.3, -0.25) is 0 Å². The molecule has 2 heterocycles. The lowest BCUT2D eigenvalue weighted by Crippen LogP contribution is -2.32. The number of ether oxygens (including phenoxy) is 6. The average Bonchev–Trinajstić information content (AvgIpc) is 3.59. The van der Waals surface area contributed by atoms with Crippen molar-refractivity contribution in [1.29, 1.82) is 0 Å². The molecule has 13 heteroatoms. The third-order valence-corrected chi connectivity index (χ3v) is 6.76. The molecule has 1 aromatic heterocycles. The first kappa shape index (κ1) is 30.5. The highest BCUT2D eigenvalue weighted by Gasteiger charge is 2.42. The van der Waals surface area contributed by atoms with Gasteiger partial charge in [-0.1, -0.05) is 23.2 Å². The number of methoxy groups -OCH3 is 2. The van der Waals surface area contributed by atoms with Crippen LogP contribution in [0.2, 0.25) is 10.0 Å². The molecule has 218 valence electrons. The predicted octanol–water partition coefficient (Wildman–Crippen LogP) is 5.03. The van der Waals surface area contributed by atoms with E-state index in [0.29, 0.717) is 10.0 Å². The lowest BCUT2D eigenvalue weighted by Gasteiger charge is -2.22. The Balaban J connectivity index is 1.60. The van der Waals surface area contributed by atoms with Gasteiger partial charge in [0.25, 0.3) is 0 Å². The van der Waals surface area contributed by atoms with E-state index in [4.69, 9.17) is 51.6 Å². The van der Waals surface area contributed by atoms with E-state index < -0.39 is 42.6 Å². The molecule has 0 radical (unpaired) electrons. The lowest BCUT2D eigenvalue weighted by atomic mass is 10.1. The molecule has 3 aromatic rings. The van der Waals surface area contributed by atoms with Gasteiger partial charge in [0.1, 0.15) is 30.7 Å². The van der Waals surface area contributed by atoms with E-state index in [0.717, 1.165) is 0 Å². The number of aromatic nitrogens is 2. The highest BCUT2D eigenvalue weighted by atomic mass is 35.5. The Morgan fingerprint density at radius 2 is 1.59 bits per heavy atom. The van der Waals surface area contributed by atoms with E-state index in [1.807, 2.05) is 0 Å². The van der Waals surface area contributed by atoms with E-state index in [9.17, 15) is 14.4 Å². The first-order chi connectivity index (χ1) is 19.7. The van der Waals surface area contributed by atoms with Crippen LogP contribution in [0.1, 0.15) is 62.8 Å². The third-order valence-electron chi connectivity index (χ3n) is 6.25. The van der Waals surface area contributed by atoms with Crippen LogP contribution >= 0.6 is 23.2 Å². The van der Waals surface area contributed by atoms with Crippen LogP contribution < -0.4 is 0 Å². The van der Waals surface area contributed by atoms with Crippen LogP contribution in [0.4, 0.5) is 0 Å². The largest absolute Gasteiger partial charge is 0.464 e. The average molecular weight is 607 g/mol. The highest BCUT2D eigenvalue weighted by Crippen LogP contribution is 2.36. The van der Waals surface area contributed by atoms with Gasteiger partial charge in [-0.15, -0.1) is 0 Å². The number of carbonyl (C=O) groups is 3. The summed E-state index contributed by atoms with van der Waals surface area (Å²) in [5.41, 5.74) is 0.802. The molecule has 1 aliphatic heterocycles. The number of carbonyl (C=O) groups excluding carboxylic acids is 3. The van der Waals surface area contributed by atoms with Crippen molar-refractivity contribution in [2.24, 2.45) is 0 Å². The van der Waals surface area contributed by atoms with Gasteiger partial charge < -0.3 is 33.0 Å². The van der Waals surface area contributed by atoms with E-state index in [2.05, 4.69) is 4.98 Å². The maximum atomic E-state index is 13.0. The quantitative estimate of drug-likeness (QED) is 0.167. The summed E-state index contributed by atoms with van der Waals surface area (Å²) >= 11 is 11.9. The van der Waals surface area contributed by atoms with Crippen molar-refractivity contribution in [3.05, 3.63) is 87.4 Å². The van der Waals surface area contributed by atoms with Gasteiger partial charge >= 0.3 is 17.9 Å². The first-order valence-electron chi connectivity index (χ1n) is 12.6. The molecule has 0 saturated carbocycles. The van der Waals surface area contributed by atoms with Crippen LogP contribution in [-0.2, 0) is 28.4 Å². The zero-order valence-electron chi connectivity index (χ0n) is 22.5. The van der Waals surface area contributed by atoms with Crippen molar-refractivity contribution in [3.63, 3.8) is 0 Å². The number of hydrogen-bond donors (Lipinski definition) is 0. The van der Waals surface area contributed by atoms with E-state index in [1.54, 1.807) is 35.8 Å². The highest BCUT2D eigenvalue weighted by molar-refractivity contribution is 6.31. The fourth-order valence-corrected chi connectivity index (χ4v) is 4.51. The van der Waals surface area contributed by atoms with Crippen molar-refractivity contribution >= 4 is 41.1 Å². The van der Waals surface area contributed by atoms with Gasteiger partial charge in [0.2, 0.25) is 6.29 Å². The maximum Gasteiger partial charge on any atom is 0.358 e. The summed E-state index contributed by atoms with van der Waals surface area (Å²) in [5, 5.41) is 0.940. The minimum absolute atomic E-state index is 0.0243.